The minimum atomic E-state index is -3.77. The van der Waals surface area contributed by atoms with Gasteiger partial charge in [-0.1, -0.05) is 47.5 Å². The molecule has 8 nitrogen and oxygen atoms in total. The van der Waals surface area contributed by atoms with Gasteiger partial charge >= 0.3 is 0 Å². The van der Waals surface area contributed by atoms with Gasteiger partial charge in [0.25, 0.3) is 20.0 Å². The van der Waals surface area contributed by atoms with Crippen molar-refractivity contribution in [2.24, 2.45) is 22.0 Å². The number of nitrogens with zero attached hydrogens (tertiary/aromatic N) is 2. The van der Waals surface area contributed by atoms with Crippen LogP contribution in [0.25, 0.3) is 0 Å². The predicted octanol–water partition coefficient (Wildman–Crippen LogP) is 3.65. The van der Waals surface area contributed by atoms with Crippen LogP contribution in [-0.4, -0.2) is 28.3 Å². The fourth-order valence-corrected chi connectivity index (χ4v) is 5.91. The monoisotopic (exact) mass is 500 g/mol. The Kier molecular flexibility index (Phi) is 6.90. The van der Waals surface area contributed by atoms with Gasteiger partial charge in [0, 0.05) is 23.3 Å². The van der Waals surface area contributed by atoms with Crippen molar-refractivity contribution in [1.29, 1.82) is 0 Å². The van der Waals surface area contributed by atoms with E-state index in [2.05, 4.69) is 19.9 Å². The third kappa shape index (κ3) is 5.39. The second-order valence-corrected chi connectivity index (χ2v) is 12.0. The van der Waals surface area contributed by atoms with E-state index in [-0.39, 0.29) is 21.6 Å². The average Bonchev–Trinajstić information content (AvgIpc) is 2.82. The lowest BCUT2D eigenvalue weighted by atomic mass is 9.71. The van der Waals surface area contributed by atoms with Crippen LogP contribution in [-0.2, 0) is 20.0 Å². The number of allylic oxidation sites excluding steroid dienone is 2. The van der Waals surface area contributed by atoms with E-state index in [4.69, 9.17) is 0 Å². The van der Waals surface area contributed by atoms with E-state index in [1.54, 1.807) is 48.5 Å². The van der Waals surface area contributed by atoms with Crippen LogP contribution in [0.1, 0.15) is 36.8 Å². The summed E-state index contributed by atoms with van der Waals surface area (Å²) in [6, 6.07) is 13.2. The number of fused-ring (bicyclic) bond motifs is 1. The molecule has 180 valence electrons. The van der Waals surface area contributed by atoms with Gasteiger partial charge in [0.15, 0.2) is 0 Å². The SMILES string of the molecule is Cc1ccc(S(=O)(=O)N/N=C2\CC/C(=N\NS(=O)(=O)c3ccc(C)cc3)[C@H]3CC=CC[C@H]23)cc1. The third-order valence-corrected chi connectivity index (χ3v) is 8.66. The van der Waals surface area contributed by atoms with Crippen molar-refractivity contribution in [1.82, 2.24) is 9.66 Å². The van der Waals surface area contributed by atoms with Crippen molar-refractivity contribution >= 4 is 31.5 Å². The Labute approximate surface area is 201 Å². The van der Waals surface area contributed by atoms with Crippen LogP contribution in [0.2, 0.25) is 0 Å². The zero-order valence-corrected chi connectivity index (χ0v) is 20.7. The Bertz CT molecular complexity index is 1240. The molecule has 0 spiro atoms. The standard InChI is InChI=1S/C24H28N4O4S2/c1-17-7-11-19(12-8-17)33(29,30)27-25-23-15-16-24(22-6-4-3-5-21(22)23)26-28-34(31,32)20-13-9-18(2)10-14-20/h3-4,7-14,21-22,27-28H,5-6,15-16H2,1-2H3/b25-23+,26-24+/t21-,22-/m0/s1. The topological polar surface area (TPSA) is 117 Å². The number of hydrogen-bond acceptors (Lipinski definition) is 6. The van der Waals surface area contributed by atoms with Crippen molar-refractivity contribution < 1.29 is 16.8 Å². The number of nitrogens with one attached hydrogen (secondary N) is 2. The van der Waals surface area contributed by atoms with E-state index < -0.39 is 20.0 Å². The Morgan fingerprint density at radius 3 is 1.35 bits per heavy atom. The molecule has 2 aliphatic carbocycles. The minimum absolute atomic E-state index is 0.0397. The number of hydrazone groups is 2. The zero-order valence-electron chi connectivity index (χ0n) is 19.1. The predicted molar refractivity (Wildman–Crippen MR) is 132 cm³/mol. The molecular weight excluding hydrogens is 472 g/mol. The molecule has 0 saturated heterocycles. The summed E-state index contributed by atoms with van der Waals surface area (Å²) in [5.41, 5.74) is 3.45. The first-order valence-corrected chi connectivity index (χ1v) is 14.1. The number of benzene rings is 2. The highest BCUT2D eigenvalue weighted by Gasteiger charge is 2.35. The molecule has 1 saturated carbocycles. The molecule has 0 aromatic heterocycles. The highest BCUT2D eigenvalue weighted by molar-refractivity contribution is 7.89. The Balaban J connectivity index is 1.51. The maximum absolute atomic E-state index is 12.6. The van der Waals surface area contributed by atoms with Crippen LogP contribution in [0.3, 0.4) is 0 Å². The maximum atomic E-state index is 12.6. The molecule has 0 radical (unpaired) electrons. The van der Waals surface area contributed by atoms with Gasteiger partial charge in [-0.25, -0.2) is 9.66 Å². The Morgan fingerprint density at radius 2 is 1.00 bits per heavy atom. The second kappa shape index (κ2) is 9.71. The Hall–Kier alpha value is -2.98. The van der Waals surface area contributed by atoms with Gasteiger partial charge < -0.3 is 0 Å². The summed E-state index contributed by atoms with van der Waals surface area (Å²) in [5, 5.41) is 8.58. The van der Waals surface area contributed by atoms with Crippen LogP contribution in [0.5, 0.6) is 0 Å². The molecule has 2 aromatic rings. The number of sulfonamides is 2. The summed E-state index contributed by atoms with van der Waals surface area (Å²) >= 11 is 0. The van der Waals surface area contributed by atoms with Crippen molar-refractivity contribution in [3.05, 3.63) is 71.8 Å². The summed E-state index contributed by atoms with van der Waals surface area (Å²) < 4.78 is 50.6. The molecule has 0 unspecified atom stereocenters. The fourth-order valence-electron chi connectivity index (χ4n) is 4.23. The lowest BCUT2D eigenvalue weighted by molar-refractivity contribution is 0.485. The van der Waals surface area contributed by atoms with Crippen LogP contribution in [0.15, 0.2) is 80.7 Å². The van der Waals surface area contributed by atoms with Crippen LogP contribution >= 0.6 is 0 Å². The number of aryl methyl sites for hydroxylation is 2. The molecule has 0 bridgehead atoms. The molecule has 4 rings (SSSR count). The first kappa shape index (κ1) is 24.2. The number of hydrogen-bond donors (Lipinski definition) is 2. The van der Waals surface area contributed by atoms with E-state index in [9.17, 15) is 16.8 Å². The largest absolute Gasteiger partial charge is 0.276 e. The third-order valence-electron chi connectivity index (χ3n) is 6.21. The van der Waals surface area contributed by atoms with Gasteiger partial charge in [-0.15, -0.1) is 0 Å². The van der Waals surface area contributed by atoms with Gasteiger partial charge in [-0.2, -0.15) is 27.0 Å². The van der Waals surface area contributed by atoms with Crippen molar-refractivity contribution in [2.45, 2.75) is 49.3 Å². The highest BCUT2D eigenvalue weighted by Crippen LogP contribution is 2.35. The summed E-state index contributed by atoms with van der Waals surface area (Å²) in [6.45, 7) is 3.78. The first-order chi connectivity index (χ1) is 16.2. The van der Waals surface area contributed by atoms with Crippen molar-refractivity contribution in [3.63, 3.8) is 0 Å². The van der Waals surface area contributed by atoms with Gasteiger partial charge in [-0.05, 0) is 63.8 Å². The number of rotatable bonds is 6. The minimum Gasteiger partial charge on any atom is -0.200 e. The summed E-state index contributed by atoms with van der Waals surface area (Å²) in [5.74, 6) is -0.0795. The summed E-state index contributed by atoms with van der Waals surface area (Å²) in [4.78, 5) is 5.08. The lowest BCUT2D eigenvalue weighted by Crippen LogP contribution is -2.39. The van der Waals surface area contributed by atoms with E-state index in [1.165, 1.54) is 0 Å². The summed E-state index contributed by atoms with van der Waals surface area (Å²) in [6.07, 6.45) is 6.47. The van der Waals surface area contributed by atoms with Gasteiger partial charge in [0.05, 0.1) is 9.79 Å². The average molecular weight is 501 g/mol. The molecular formula is C24H28N4O4S2. The smallest absolute Gasteiger partial charge is 0.200 e. The van der Waals surface area contributed by atoms with E-state index in [0.717, 1.165) is 22.6 Å². The second-order valence-electron chi connectivity index (χ2n) is 8.68. The molecule has 2 N–H and O–H groups in total. The lowest BCUT2D eigenvalue weighted by Gasteiger charge is -2.35. The molecule has 0 heterocycles. The molecule has 2 aromatic carbocycles. The maximum Gasteiger partial charge on any atom is 0.276 e. The molecule has 34 heavy (non-hydrogen) atoms. The normalized spacial score (nSPS) is 23.0. The molecule has 0 amide bonds. The Morgan fingerprint density at radius 1 is 0.647 bits per heavy atom. The van der Waals surface area contributed by atoms with E-state index in [1.807, 2.05) is 26.0 Å². The van der Waals surface area contributed by atoms with Gasteiger partial charge in [-0.3, -0.25) is 0 Å². The van der Waals surface area contributed by atoms with Crippen LogP contribution in [0.4, 0.5) is 0 Å². The molecule has 10 heteroatoms. The molecule has 0 aliphatic heterocycles. The van der Waals surface area contributed by atoms with Crippen LogP contribution in [0, 0.1) is 25.7 Å². The van der Waals surface area contributed by atoms with E-state index >= 15 is 0 Å². The zero-order chi connectivity index (χ0) is 24.3. The van der Waals surface area contributed by atoms with Gasteiger partial charge in [0.2, 0.25) is 0 Å². The molecule has 1 fully saturated rings. The molecule has 2 atom stereocenters. The van der Waals surface area contributed by atoms with Crippen LogP contribution < -0.4 is 9.66 Å². The first-order valence-electron chi connectivity index (χ1n) is 11.1. The quantitative estimate of drug-likeness (QED) is 0.465. The summed E-state index contributed by atoms with van der Waals surface area (Å²) in [7, 11) is -7.54. The van der Waals surface area contributed by atoms with Crippen molar-refractivity contribution in [2.75, 3.05) is 0 Å². The highest BCUT2D eigenvalue weighted by atomic mass is 32.2. The van der Waals surface area contributed by atoms with E-state index in [0.29, 0.717) is 25.7 Å². The van der Waals surface area contributed by atoms with Gasteiger partial charge in [0.1, 0.15) is 0 Å². The van der Waals surface area contributed by atoms with Crippen molar-refractivity contribution in [3.8, 4) is 0 Å². The fraction of sp³-hybridized carbons (Fsp3) is 0.333. The molecule has 2 aliphatic rings.